The first-order valence-corrected chi connectivity index (χ1v) is 7.21. The molecule has 0 spiro atoms. The van der Waals surface area contributed by atoms with E-state index in [1.807, 2.05) is 6.07 Å². The van der Waals surface area contributed by atoms with Gasteiger partial charge in [0.15, 0.2) is 0 Å². The van der Waals surface area contributed by atoms with E-state index in [2.05, 4.69) is 0 Å². The number of hydrogen-bond donors (Lipinski definition) is 2. The summed E-state index contributed by atoms with van der Waals surface area (Å²) in [6, 6.07) is 11.8. The van der Waals surface area contributed by atoms with E-state index in [1.165, 1.54) is 31.0 Å². The van der Waals surface area contributed by atoms with Crippen molar-refractivity contribution in [1.82, 2.24) is 0 Å². The normalized spacial score (nSPS) is 10.2. The summed E-state index contributed by atoms with van der Waals surface area (Å²) >= 11 is 1.43. The van der Waals surface area contributed by atoms with Gasteiger partial charge in [0.1, 0.15) is 5.75 Å². The minimum Gasteiger partial charge on any atom is -0.496 e. The van der Waals surface area contributed by atoms with E-state index in [0.717, 1.165) is 9.79 Å². The van der Waals surface area contributed by atoms with E-state index in [9.17, 15) is 9.59 Å². The van der Waals surface area contributed by atoms with Crippen LogP contribution in [0.2, 0.25) is 0 Å². The molecule has 2 rings (SSSR count). The number of carbonyl (C=O) groups is 2. The molecular weight excluding hydrogens is 304 g/mol. The van der Waals surface area contributed by atoms with E-state index < -0.39 is 11.9 Å². The van der Waals surface area contributed by atoms with Gasteiger partial charge in [-0.2, -0.15) is 0 Å². The van der Waals surface area contributed by atoms with Crippen LogP contribution in [0, 0.1) is 0 Å². The molecule has 0 aromatic heterocycles. The number of benzene rings is 2. The van der Waals surface area contributed by atoms with Crippen molar-refractivity contribution in [3.05, 3.63) is 53.6 Å². The van der Waals surface area contributed by atoms with Crippen LogP contribution in [-0.2, 0) is 11.2 Å². The molecule has 2 aromatic carbocycles. The van der Waals surface area contributed by atoms with Gasteiger partial charge in [-0.1, -0.05) is 11.8 Å². The summed E-state index contributed by atoms with van der Waals surface area (Å²) in [6.45, 7) is 0. The summed E-state index contributed by atoms with van der Waals surface area (Å²) in [5.41, 5.74) is 0.827. The van der Waals surface area contributed by atoms with Gasteiger partial charge in [-0.25, -0.2) is 4.79 Å². The first-order chi connectivity index (χ1) is 10.5. The Morgan fingerprint density at radius 3 is 2.23 bits per heavy atom. The lowest BCUT2D eigenvalue weighted by Gasteiger charge is -2.09. The smallest absolute Gasteiger partial charge is 0.335 e. The molecule has 6 heteroatoms. The van der Waals surface area contributed by atoms with Crippen LogP contribution in [0.1, 0.15) is 15.9 Å². The number of carboxylic acids is 2. The van der Waals surface area contributed by atoms with Crippen molar-refractivity contribution in [3.8, 4) is 5.75 Å². The van der Waals surface area contributed by atoms with Crippen LogP contribution in [0.25, 0.3) is 0 Å². The molecule has 0 amide bonds. The molecular formula is C16H14O5S. The summed E-state index contributed by atoms with van der Waals surface area (Å²) in [4.78, 5) is 23.4. The third-order valence-corrected chi connectivity index (χ3v) is 3.93. The fourth-order valence-corrected chi connectivity index (χ4v) is 2.80. The van der Waals surface area contributed by atoms with Gasteiger partial charge in [-0.05, 0) is 42.5 Å². The summed E-state index contributed by atoms with van der Waals surface area (Å²) in [7, 11) is 1.50. The Hall–Kier alpha value is -2.47. The van der Waals surface area contributed by atoms with Crippen LogP contribution < -0.4 is 4.74 Å². The minimum absolute atomic E-state index is 0.116. The van der Waals surface area contributed by atoms with Gasteiger partial charge in [0, 0.05) is 15.4 Å². The Kier molecular flexibility index (Phi) is 5.06. The molecule has 0 atom stereocenters. The van der Waals surface area contributed by atoms with Crippen molar-refractivity contribution in [3.63, 3.8) is 0 Å². The molecule has 114 valence electrons. The standard InChI is InChI=1S/C16H14O5S/c1-21-14-7-6-13(8-11(14)9-15(17)18)22-12-4-2-10(3-5-12)16(19)20/h2-8H,9H2,1H3,(H,17,18)(H,19,20). The Bertz CT molecular complexity index is 694. The third-order valence-electron chi connectivity index (χ3n) is 2.93. The molecule has 0 saturated heterocycles. The molecule has 0 bridgehead atoms. The molecule has 0 heterocycles. The lowest BCUT2D eigenvalue weighted by atomic mass is 10.1. The molecule has 0 fully saturated rings. The van der Waals surface area contributed by atoms with Gasteiger partial charge in [0.05, 0.1) is 19.1 Å². The maximum Gasteiger partial charge on any atom is 0.335 e. The van der Waals surface area contributed by atoms with Crippen LogP contribution >= 0.6 is 11.8 Å². The van der Waals surface area contributed by atoms with Crippen molar-refractivity contribution in [2.45, 2.75) is 16.2 Å². The van der Waals surface area contributed by atoms with Crippen molar-refractivity contribution in [2.75, 3.05) is 7.11 Å². The third kappa shape index (κ3) is 4.02. The molecule has 2 aromatic rings. The fourth-order valence-electron chi connectivity index (χ4n) is 1.92. The largest absolute Gasteiger partial charge is 0.496 e. The molecule has 0 saturated carbocycles. The second kappa shape index (κ2) is 7.00. The zero-order valence-electron chi connectivity index (χ0n) is 11.8. The van der Waals surface area contributed by atoms with E-state index in [-0.39, 0.29) is 12.0 Å². The Balaban J connectivity index is 2.21. The van der Waals surface area contributed by atoms with Gasteiger partial charge < -0.3 is 14.9 Å². The average Bonchev–Trinajstić information content (AvgIpc) is 2.47. The molecule has 0 radical (unpaired) electrons. The molecule has 0 aliphatic rings. The second-order valence-electron chi connectivity index (χ2n) is 4.48. The zero-order valence-corrected chi connectivity index (χ0v) is 12.6. The van der Waals surface area contributed by atoms with E-state index in [1.54, 1.807) is 24.3 Å². The van der Waals surface area contributed by atoms with Crippen LogP contribution in [0.5, 0.6) is 5.75 Å². The summed E-state index contributed by atoms with van der Waals surface area (Å²) in [6.07, 6.45) is -0.116. The number of aromatic carboxylic acids is 1. The number of rotatable bonds is 6. The van der Waals surface area contributed by atoms with Gasteiger partial charge in [-0.15, -0.1) is 0 Å². The number of carboxylic acid groups (broad SMARTS) is 2. The predicted octanol–water partition coefficient (Wildman–Crippen LogP) is 3.17. The maximum atomic E-state index is 10.9. The first-order valence-electron chi connectivity index (χ1n) is 6.39. The summed E-state index contributed by atoms with van der Waals surface area (Å²) < 4.78 is 5.16. The molecule has 0 aliphatic heterocycles. The van der Waals surface area contributed by atoms with E-state index >= 15 is 0 Å². The highest BCUT2D eigenvalue weighted by molar-refractivity contribution is 7.99. The quantitative estimate of drug-likeness (QED) is 0.851. The topological polar surface area (TPSA) is 83.8 Å². The van der Waals surface area contributed by atoms with Crippen LogP contribution in [-0.4, -0.2) is 29.3 Å². The second-order valence-corrected chi connectivity index (χ2v) is 5.62. The SMILES string of the molecule is COc1ccc(Sc2ccc(C(=O)O)cc2)cc1CC(=O)O. The highest BCUT2D eigenvalue weighted by Crippen LogP contribution is 2.31. The Labute approximate surface area is 131 Å². The number of hydrogen-bond acceptors (Lipinski definition) is 4. The highest BCUT2D eigenvalue weighted by atomic mass is 32.2. The predicted molar refractivity (Wildman–Crippen MR) is 81.9 cm³/mol. The van der Waals surface area contributed by atoms with E-state index in [4.69, 9.17) is 14.9 Å². The van der Waals surface area contributed by atoms with Crippen molar-refractivity contribution >= 4 is 23.7 Å². The van der Waals surface area contributed by atoms with Gasteiger partial charge >= 0.3 is 11.9 Å². The Morgan fingerprint density at radius 1 is 1.05 bits per heavy atom. The lowest BCUT2D eigenvalue weighted by molar-refractivity contribution is -0.136. The number of ether oxygens (including phenoxy) is 1. The van der Waals surface area contributed by atoms with Crippen molar-refractivity contribution in [1.29, 1.82) is 0 Å². The summed E-state index contributed by atoms with van der Waals surface area (Å²) in [5.74, 6) is -1.36. The number of methoxy groups -OCH3 is 1. The fraction of sp³-hybridized carbons (Fsp3) is 0.125. The molecule has 5 nitrogen and oxygen atoms in total. The average molecular weight is 318 g/mol. The highest BCUT2D eigenvalue weighted by Gasteiger charge is 2.10. The molecule has 0 unspecified atom stereocenters. The molecule has 2 N–H and O–H groups in total. The van der Waals surface area contributed by atoms with Gasteiger partial charge in [0.25, 0.3) is 0 Å². The number of aliphatic carboxylic acids is 1. The zero-order chi connectivity index (χ0) is 16.1. The monoisotopic (exact) mass is 318 g/mol. The maximum absolute atomic E-state index is 10.9. The van der Waals surface area contributed by atoms with Crippen LogP contribution in [0.15, 0.2) is 52.3 Å². The first kappa shape index (κ1) is 15.9. The van der Waals surface area contributed by atoms with Crippen LogP contribution in [0.4, 0.5) is 0 Å². The minimum atomic E-state index is -0.968. The Morgan fingerprint density at radius 2 is 1.68 bits per heavy atom. The van der Waals surface area contributed by atoms with Gasteiger partial charge in [0.2, 0.25) is 0 Å². The van der Waals surface area contributed by atoms with Crippen molar-refractivity contribution < 1.29 is 24.5 Å². The van der Waals surface area contributed by atoms with Crippen molar-refractivity contribution in [2.24, 2.45) is 0 Å². The molecule has 22 heavy (non-hydrogen) atoms. The van der Waals surface area contributed by atoms with Crippen LogP contribution in [0.3, 0.4) is 0 Å². The van der Waals surface area contributed by atoms with E-state index in [0.29, 0.717) is 11.3 Å². The lowest BCUT2D eigenvalue weighted by Crippen LogP contribution is -2.02. The molecule has 0 aliphatic carbocycles. The summed E-state index contributed by atoms with van der Waals surface area (Å²) in [5, 5.41) is 17.8. The van der Waals surface area contributed by atoms with Gasteiger partial charge in [-0.3, -0.25) is 4.79 Å².